The molecule has 3 amide bonds. The number of fused-ring (bicyclic) bond motifs is 2. The molecule has 2 N–H and O–H groups in total. The number of para-hydroxylation sites is 1. The number of hydrogen-bond donors (Lipinski definition) is 2. The highest BCUT2D eigenvalue weighted by Gasteiger charge is 2.57. The van der Waals surface area contributed by atoms with Crippen LogP contribution >= 0.6 is 34.4 Å². The number of nitrogens with zero attached hydrogens (tertiary/aromatic N) is 2. The molecule has 2 aromatic carbocycles. The molecule has 2 aliphatic rings. The van der Waals surface area contributed by atoms with Gasteiger partial charge in [-0.15, -0.1) is 11.3 Å². The number of phenolic OH excluding ortho intramolecular Hbond substituents is 1. The van der Waals surface area contributed by atoms with E-state index in [9.17, 15) is 24.3 Å². The molecule has 0 spiro atoms. The Bertz CT molecular complexity index is 1560. The maximum atomic E-state index is 13.7. The van der Waals surface area contributed by atoms with Crippen molar-refractivity contribution in [2.24, 2.45) is 5.92 Å². The number of rotatable bonds is 5. The SMILES string of the molecule is O=C(Cn1c2c(sc1=O)[C@H](c1cccs1)C1C(=O)N(c3ccccc3)C(=O)C1S2)Nc1ccc(O)cc1. The van der Waals surface area contributed by atoms with E-state index in [2.05, 4.69) is 5.32 Å². The first-order chi connectivity index (χ1) is 17.9. The van der Waals surface area contributed by atoms with Crippen LogP contribution in [0.2, 0.25) is 0 Å². The highest BCUT2D eigenvalue weighted by Crippen LogP contribution is 2.54. The first-order valence-electron chi connectivity index (χ1n) is 11.4. The predicted molar refractivity (Wildman–Crippen MR) is 144 cm³/mol. The molecule has 37 heavy (non-hydrogen) atoms. The average Bonchev–Trinajstić information content (AvgIpc) is 3.59. The summed E-state index contributed by atoms with van der Waals surface area (Å²) in [5.41, 5.74) is 1.01. The van der Waals surface area contributed by atoms with Crippen LogP contribution in [0, 0.1) is 5.92 Å². The lowest BCUT2D eigenvalue weighted by molar-refractivity contribution is -0.122. The minimum atomic E-state index is -0.715. The van der Waals surface area contributed by atoms with E-state index in [4.69, 9.17) is 0 Å². The van der Waals surface area contributed by atoms with Crippen LogP contribution in [0.4, 0.5) is 11.4 Å². The van der Waals surface area contributed by atoms with E-state index in [1.54, 1.807) is 36.4 Å². The van der Waals surface area contributed by atoms with E-state index in [1.807, 2.05) is 23.6 Å². The number of imide groups is 1. The maximum absolute atomic E-state index is 13.7. The zero-order valence-corrected chi connectivity index (χ0v) is 21.5. The third-order valence-corrected chi connectivity index (χ3v) is 9.93. The van der Waals surface area contributed by atoms with Gasteiger partial charge in [-0.25, -0.2) is 4.90 Å². The molecule has 11 heteroatoms. The summed E-state index contributed by atoms with van der Waals surface area (Å²) < 4.78 is 1.39. The number of thiazole rings is 1. The second-order valence-electron chi connectivity index (χ2n) is 8.62. The molecule has 2 unspecified atom stereocenters. The van der Waals surface area contributed by atoms with Crippen molar-refractivity contribution in [2.45, 2.75) is 22.7 Å². The maximum Gasteiger partial charge on any atom is 0.308 e. The third-order valence-electron chi connectivity index (χ3n) is 6.37. The second-order valence-corrected chi connectivity index (χ2v) is 11.7. The van der Waals surface area contributed by atoms with Crippen molar-refractivity contribution in [3.05, 3.63) is 91.5 Å². The highest BCUT2D eigenvalue weighted by atomic mass is 32.2. The Morgan fingerprint density at radius 3 is 2.41 bits per heavy atom. The van der Waals surface area contributed by atoms with E-state index in [0.717, 1.165) is 16.2 Å². The van der Waals surface area contributed by atoms with Crippen molar-refractivity contribution < 1.29 is 19.5 Å². The van der Waals surface area contributed by atoms with Gasteiger partial charge in [0.05, 0.1) is 16.6 Å². The van der Waals surface area contributed by atoms with Crippen LogP contribution in [-0.2, 0) is 20.9 Å². The molecule has 4 aromatic rings. The number of amides is 3. The molecule has 0 saturated carbocycles. The average molecular weight is 550 g/mol. The minimum Gasteiger partial charge on any atom is -0.508 e. The fraction of sp³-hybridized carbons (Fsp3) is 0.154. The van der Waals surface area contributed by atoms with Crippen molar-refractivity contribution in [3.63, 3.8) is 0 Å². The highest BCUT2D eigenvalue weighted by molar-refractivity contribution is 8.00. The molecule has 3 atom stereocenters. The number of phenols is 1. The van der Waals surface area contributed by atoms with Gasteiger partial charge in [-0.1, -0.05) is 47.4 Å². The molecule has 1 saturated heterocycles. The van der Waals surface area contributed by atoms with Crippen molar-refractivity contribution in [1.82, 2.24) is 4.57 Å². The fourth-order valence-electron chi connectivity index (χ4n) is 4.75. The zero-order valence-electron chi connectivity index (χ0n) is 19.1. The zero-order chi connectivity index (χ0) is 25.7. The molecule has 0 aliphatic carbocycles. The van der Waals surface area contributed by atoms with Crippen LogP contribution in [0.3, 0.4) is 0 Å². The van der Waals surface area contributed by atoms with Crippen LogP contribution in [0.5, 0.6) is 5.75 Å². The summed E-state index contributed by atoms with van der Waals surface area (Å²) in [6.07, 6.45) is 0. The number of thioether (sulfide) groups is 1. The van der Waals surface area contributed by atoms with Gasteiger partial charge >= 0.3 is 4.87 Å². The fourth-order valence-corrected chi connectivity index (χ4v) is 8.47. The Labute approximate surface area is 223 Å². The molecular formula is C26H19N3O5S3. The van der Waals surface area contributed by atoms with Gasteiger partial charge in [-0.05, 0) is 47.8 Å². The van der Waals surface area contributed by atoms with Crippen molar-refractivity contribution in [2.75, 3.05) is 10.2 Å². The Morgan fingerprint density at radius 2 is 1.70 bits per heavy atom. The molecule has 186 valence electrons. The molecule has 2 aliphatic heterocycles. The summed E-state index contributed by atoms with van der Waals surface area (Å²) in [5.74, 6) is -2.05. The van der Waals surface area contributed by atoms with Gasteiger partial charge in [0.25, 0.3) is 0 Å². The van der Waals surface area contributed by atoms with E-state index in [-0.39, 0.29) is 29.0 Å². The first-order valence-corrected chi connectivity index (χ1v) is 14.0. The van der Waals surface area contributed by atoms with Crippen LogP contribution in [-0.4, -0.2) is 32.6 Å². The normalized spacial score (nSPS) is 20.5. The largest absolute Gasteiger partial charge is 0.508 e. The molecule has 8 nitrogen and oxygen atoms in total. The van der Waals surface area contributed by atoms with Gasteiger partial charge in [0, 0.05) is 21.4 Å². The van der Waals surface area contributed by atoms with Gasteiger partial charge in [0.15, 0.2) is 0 Å². The topological polar surface area (TPSA) is 109 Å². The van der Waals surface area contributed by atoms with Crippen LogP contribution in [0.15, 0.2) is 81.9 Å². The van der Waals surface area contributed by atoms with E-state index in [0.29, 0.717) is 21.3 Å². The molecule has 1 fully saturated rings. The standard InChI is InChI=1S/C26H19N3O5S3/c30-16-10-8-14(9-11-16)27-18(31)13-28-25-22(37-26(28)34)19(17-7-4-12-35-17)20-21(36-25)24(33)29(23(20)32)15-5-2-1-3-6-15/h1-12,19-21,30H,13H2,(H,27,31)/t19-,20?,21?/m1/s1. The van der Waals surface area contributed by atoms with Crippen molar-refractivity contribution in [3.8, 4) is 5.75 Å². The lowest BCUT2D eigenvalue weighted by Gasteiger charge is -2.29. The number of hydrogen-bond acceptors (Lipinski definition) is 8. The Balaban J connectivity index is 1.38. The lowest BCUT2D eigenvalue weighted by atomic mass is 9.87. The van der Waals surface area contributed by atoms with Crippen molar-refractivity contribution >= 4 is 63.5 Å². The number of anilines is 2. The van der Waals surface area contributed by atoms with Gasteiger partial charge < -0.3 is 10.4 Å². The number of nitrogens with one attached hydrogen (secondary N) is 1. The van der Waals surface area contributed by atoms with Crippen LogP contribution < -0.4 is 15.1 Å². The summed E-state index contributed by atoms with van der Waals surface area (Å²) in [4.78, 5) is 55.7. The van der Waals surface area contributed by atoms with Crippen molar-refractivity contribution in [1.29, 1.82) is 0 Å². The van der Waals surface area contributed by atoms with E-state index in [1.165, 1.54) is 44.7 Å². The lowest BCUT2D eigenvalue weighted by Crippen LogP contribution is -2.32. The minimum absolute atomic E-state index is 0.0759. The summed E-state index contributed by atoms with van der Waals surface area (Å²) in [6.45, 7) is -0.238. The molecule has 6 rings (SSSR count). The number of benzene rings is 2. The summed E-state index contributed by atoms with van der Waals surface area (Å²) >= 11 is 3.69. The second kappa shape index (κ2) is 9.33. The van der Waals surface area contributed by atoms with Gasteiger partial charge in [-0.3, -0.25) is 23.7 Å². The molecule has 0 radical (unpaired) electrons. The molecular weight excluding hydrogens is 531 g/mol. The van der Waals surface area contributed by atoms with Gasteiger partial charge in [0.1, 0.15) is 17.5 Å². The quantitative estimate of drug-likeness (QED) is 0.287. The van der Waals surface area contributed by atoms with Gasteiger partial charge in [0.2, 0.25) is 17.7 Å². The Morgan fingerprint density at radius 1 is 0.946 bits per heavy atom. The first kappa shape index (κ1) is 23.7. The summed E-state index contributed by atoms with van der Waals surface area (Å²) in [5, 5.41) is 13.9. The van der Waals surface area contributed by atoms with Crippen LogP contribution in [0.25, 0.3) is 0 Å². The number of carbonyl (C=O) groups is 3. The van der Waals surface area contributed by atoms with Crippen LogP contribution in [0.1, 0.15) is 15.7 Å². The number of aromatic hydroxyl groups is 1. The van der Waals surface area contributed by atoms with E-state index < -0.39 is 23.0 Å². The number of carbonyl (C=O) groups excluding carboxylic acids is 3. The Hall–Kier alpha value is -3.67. The summed E-state index contributed by atoms with van der Waals surface area (Å²) in [7, 11) is 0. The number of aromatic nitrogens is 1. The van der Waals surface area contributed by atoms with Gasteiger partial charge in [-0.2, -0.15) is 0 Å². The number of thiophene rings is 1. The Kier molecular flexibility index (Phi) is 5.98. The van der Waals surface area contributed by atoms with E-state index >= 15 is 0 Å². The predicted octanol–water partition coefficient (Wildman–Crippen LogP) is 4.11. The molecule has 0 bridgehead atoms. The monoisotopic (exact) mass is 549 g/mol. The molecule has 4 heterocycles. The third kappa shape index (κ3) is 4.08. The summed E-state index contributed by atoms with van der Waals surface area (Å²) in [6, 6.07) is 18.7. The smallest absolute Gasteiger partial charge is 0.308 e. The molecule has 2 aromatic heterocycles.